The van der Waals surface area contributed by atoms with Crippen molar-refractivity contribution in [2.45, 2.75) is 78.4 Å². The van der Waals surface area contributed by atoms with E-state index in [1.807, 2.05) is 0 Å². The van der Waals surface area contributed by atoms with E-state index in [4.69, 9.17) is 9.47 Å². The van der Waals surface area contributed by atoms with Crippen molar-refractivity contribution in [2.75, 3.05) is 13.7 Å². The molecule has 36 heavy (non-hydrogen) atoms. The fraction of sp³-hybridized carbons (Fsp3) is 0.621. The van der Waals surface area contributed by atoms with Crippen molar-refractivity contribution < 1.29 is 29.0 Å². The number of phenolic OH excluding ortho intramolecular Hbond substituents is 1. The summed E-state index contributed by atoms with van der Waals surface area (Å²) in [5.74, 6) is -0.275. The first-order valence-electron chi connectivity index (χ1n) is 13.1. The highest BCUT2D eigenvalue weighted by Gasteiger charge is 2.63. The number of carbonyl (C=O) groups excluding carboxylic acids is 3. The molecule has 1 N–H and O–H groups in total. The number of nitrogens with zero attached hydrogens (tertiary/aromatic N) is 1. The zero-order valence-electron chi connectivity index (χ0n) is 22.1. The Morgan fingerprint density at radius 3 is 2.61 bits per heavy atom. The summed E-state index contributed by atoms with van der Waals surface area (Å²) in [6.45, 7) is 9.06. The molecule has 0 aromatic heterocycles. The second-order valence-electron chi connectivity index (χ2n) is 11.6. The van der Waals surface area contributed by atoms with E-state index in [1.165, 1.54) is 25.7 Å². The SMILES string of the molecule is COc1cc(/C=C/C(=O)CC(C)C(=O)N2CCCC2C(=O)OC2CC3CCC2(C)C3(C)C)ccc1O. The van der Waals surface area contributed by atoms with Crippen LogP contribution in [0.3, 0.4) is 0 Å². The minimum absolute atomic E-state index is 0.0195. The number of hydrogen-bond donors (Lipinski definition) is 1. The molecule has 3 aliphatic rings. The number of ether oxygens (including phenoxy) is 2. The molecule has 4 rings (SSSR count). The van der Waals surface area contributed by atoms with E-state index in [2.05, 4.69) is 20.8 Å². The molecular formula is C29H39NO6. The maximum absolute atomic E-state index is 13.2. The van der Waals surface area contributed by atoms with E-state index in [0.29, 0.717) is 30.2 Å². The van der Waals surface area contributed by atoms with Gasteiger partial charge in [-0.1, -0.05) is 39.8 Å². The molecule has 0 radical (unpaired) electrons. The summed E-state index contributed by atoms with van der Waals surface area (Å²) in [4.78, 5) is 40.6. The van der Waals surface area contributed by atoms with Gasteiger partial charge < -0.3 is 19.5 Å². The van der Waals surface area contributed by atoms with Gasteiger partial charge in [0.2, 0.25) is 5.91 Å². The summed E-state index contributed by atoms with van der Waals surface area (Å²) in [7, 11) is 1.46. The molecule has 7 nitrogen and oxygen atoms in total. The maximum Gasteiger partial charge on any atom is 0.329 e. The molecule has 0 spiro atoms. The van der Waals surface area contributed by atoms with Gasteiger partial charge in [-0.2, -0.15) is 0 Å². The maximum atomic E-state index is 13.2. The normalized spacial score (nSPS) is 29.5. The zero-order valence-corrected chi connectivity index (χ0v) is 22.1. The number of hydrogen-bond acceptors (Lipinski definition) is 6. The van der Waals surface area contributed by atoms with Crippen LogP contribution in [0.25, 0.3) is 6.08 Å². The van der Waals surface area contributed by atoms with Gasteiger partial charge in [0.25, 0.3) is 0 Å². The third kappa shape index (κ3) is 4.64. The van der Waals surface area contributed by atoms with Crippen molar-refractivity contribution in [1.82, 2.24) is 4.90 Å². The van der Waals surface area contributed by atoms with Gasteiger partial charge in [0.05, 0.1) is 7.11 Å². The van der Waals surface area contributed by atoms with Gasteiger partial charge in [-0.25, -0.2) is 4.79 Å². The number of ketones is 1. The number of methoxy groups -OCH3 is 1. The van der Waals surface area contributed by atoms with Crippen molar-refractivity contribution in [3.8, 4) is 11.5 Å². The van der Waals surface area contributed by atoms with E-state index in [9.17, 15) is 19.5 Å². The highest BCUT2D eigenvalue weighted by Crippen LogP contribution is 2.66. The summed E-state index contributed by atoms with van der Waals surface area (Å²) >= 11 is 0. The molecule has 5 unspecified atom stereocenters. The summed E-state index contributed by atoms with van der Waals surface area (Å²) in [5.41, 5.74) is 0.835. The molecule has 7 heteroatoms. The van der Waals surface area contributed by atoms with Crippen molar-refractivity contribution in [3.63, 3.8) is 0 Å². The van der Waals surface area contributed by atoms with E-state index in [1.54, 1.807) is 30.0 Å². The van der Waals surface area contributed by atoms with Crippen LogP contribution in [-0.2, 0) is 19.1 Å². The zero-order chi connectivity index (χ0) is 26.3. The van der Waals surface area contributed by atoms with Crippen molar-refractivity contribution in [1.29, 1.82) is 0 Å². The Bertz CT molecular complexity index is 1060. The number of aromatic hydroxyl groups is 1. The molecule has 2 aliphatic carbocycles. The number of allylic oxidation sites excluding steroid dienone is 1. The Morgan fingerprint density at radius 2 is 1.97 bits per heavy atom. The highest BCUT2D eigenvalue weighted by molar-refractivity contribution is 5.97. The fourth-order valence-corrected chi connectivity index (χ4v) is 6.53. The minimum atomic E-state index is -0.569. The molecule has 5 atom stereocenters. The second kappa shape index (κ2) is 9.91. The molecule has 2 bridgehead atoms. The van der Waals surface area contributed by atoms with Crippen LogP contribution in [0.2, 0.25) is 0 Å². The molecule has 3 fully saturated rings. The number of likely N-dealkylation sites (tertiary alicyclic amines) is 1. The van der Waals surface area contributed by atoms with Crippen molar-refractivity contribution in [2.24, 2.45) is 22.7 Å². The van der Waals surface area contributed by atoms with Crippen LogP contribution in [0, 0.1) is 22.7 Å². The average Bonchev–Trinajstić information content (AvgIpc) is 3.46. The fourth-order valence-electron chi connectivity index (χ4n) is 6.53. The average molecular weight is 498 g/mol. The van der Waals surface area contributed by atoms with Crippen LogP contribution in [0.1, 0.15) is 71.8 Å². The largest absolute Gasteiger partial charge is 0.504 e. The summed E-state index contributed by atoms with van der Waals surface area (Å²) < 4.78 is 11.2. The first-order chi connectivity index (χ1) is 17.0. The molecule has 1 aromatic rings. The lowest BCUT2D eigenvalue weighted by atomic mass is 9.70. The Labute approximate surface area is 213 Å². The van der Waals surface area contributed by atoms with Crippen LogP contribution in [-0.4, -0.2) is 53.5 Å². The standard InChI is InChI=1S/C29H39NO6/c1-18(15-21(31)10-8-19-9-11-23(32)24(16-19)35-5)26(33)30-14-6-7-22(30)27(34)36-25-17-20-12-13-29(25,4)28(20,2)3/h8-11,16,18,20,22,25,32H,6-7,12-15,17H2,1-5H3/b10-8+. The van der Waals surface area contributed by atoms with Crippen molar-refractivity contribution in [3.05, 3.63) is 29.8 Å². The number of benzene rings is 1. The van der Waals surface area contributed by atoms with Crippen LogP contribution in [0.4, 0.5) is 0 Å². The van der Waals surface area contributed by atoms with Gasteiger partial charge in [0.1, 0.15) is 12.1 Å². The highest BCUT2D eigenvalue weighted by atomic mass is 16.5. The molecule has 1 amide bonds. The first-order valence-corrected chi connectivity index (χ1v) is 13.1. The monoisotopic (exact) mass is 497 g/mol. The Hall–Kier alpha value is -2.83. The number of rotatable bonds is 8. The van der Waals surface area contributed by atoms with E-state index in [0.717, 1.165) is 19.3 Å². The quantitative estimate of drug-likeness (QED) is 0.411. The third-order valence-corrected chi connectivity index (χ3v) is 9.37. The van der Waals surface area contributed by atoms with Gasteiger partial charge >= 0.3 is 5.97 Å². The van der Waals surface area contributed by atoms with Crippen LogP contribution >= 0.6 is 0 Å². The molecule has 1 aliphatic heterocycles. The number of carbonyl (C=O) groups is 3. The van der Waals surface area contributed by atoms with Crippen LogP contribution in [0.15, 0.2) is 24.3 Å². The van der Waals surface area contributed by atoms with Crippen LogP contribution < -0.4 is 4.74 Å². The smallest absolute Gasteiger partial charge is 0.329 e. The third-order valence-electron chi connectivity index (χ3n) is 9.37. The lowest BCUT2D eigenvalue weighted by Gasteiger charge is -2.39. The molecule has 1 saturated heterocycles. The van der Waals surface area contributed by atoms with Crippen molar-refractivity contribution >= 4 is 23.7 Å². The molecule has 196 valence electrons. The number of esters is 1. The Balaban J connectivity index is 1.34. The van der Waals surface area contributed by atoms with Gasteiger partial charge in [-0.3, -0.25) is 9.59 Å². The number of fused-ring (bicyclic) bond motifs is 2. The molecular weight excluding hydrogens is 458 g/mol. The lowest BCUT2D eigenvalue weighted by Crippen LogP contribution is -2.46. The number of phenols is 1. The Kier molecular flexibility index (Phi) is 7.22. The van der Waals surface area contributed by atoms with Crippen LogP contribution in [0.5, 0.6) is 11.5 Å². The second-order valence-corrected chi connectivity index (χ2v) is 11.6. The van der Waals surface area contributed by atoms with E-state index >= 15 is 0 Å². The molecule has 1 heterocycles. The predicted octanol–water partition coefficient (Wildman–Crippen LogP) is 4.76. The summed E-state index contributed by atoms with van der Waals surface area (Å²) in [6, 6.07) is 4.24. The number of amides is 1. The summed E-state index contributed by atoms with van der Waals surface area (Å²) in [5, 5.41) is 9.71. The minimum Gasteiger partial charge on any atom is -0.504 e. The van der Waals surface area contributed by atoms with E-state index < -0.39 is 12.0 Å². The van der Waals surface area contributed by atoms with Gasteiger partial charge in [0, 0.05) is 24.3 Å². The van der Waals surface area contributed by atoms with E-state index in [-0.39, 0.29) is 46.8 Å². The van der Waals surface area contributed by atoms with Gasteiger partial charge in [-0.15, -0.1) is 0 Å². The molecule has 2 saturated carbocycles. The first kappa shape index (κ1) is 26.2. The molecule has 1 aromatic carbocycles. The van der Waals surface area contributed by atoms with Gasteiger partial charge in [0.15, 0.2) is 17.3 Å². The summed E-state index contributed by atoms with van der Waals surface area (Å²) in [6.07, 6.45) is 7.54. The Morgan fingerprint density at radius 1 is 1.22 bits per heavy atom. The lowest BCUT2D eigenvalue weighted by molar-refractivity contribution is -0.165. The van der Waals surface area contributed by atoms with Gasteiger partial charge in [-0.05, 0) is 67.2 Å². The topological polar surface area (TPSA) is 93.1 Å². The predicted molar refractivity (Wildman–Crippen MR) is 136 cm³/mol.